The molecule has 0 radical (unpaired) electrons. The zero-order chi connectivity index (χ0) is 23.2. The van der Waals surface area contributed by atoms with E-state index in [1.807, 2.05) is 13.8 Å². The van der Waals surface area contributed by atoms with Crippen molar-refractivity contribution in [1.29, 1.82) is 0 Å². The predicted octanol–water partition coefficient (Wildman–Crippen LogP) is 5.97. The van der Waals surface area contributed by atoms with E-state index in [0.717, 1.165) is 22.1 Å². The number of benzene rings is 2. The van der Waals surface area contributed by atoms with Gasteiger partial charge in [-0.25, -0.2) is 4.39 Å². The van der Waals surface area contributed by atoms with Crippen LogP contribution in [0.3, 0.4) is 0 Å². The topological polar surface area (TPSA) is 46.3 Å². The molecule has 1 amide bonds. The summed E-state index contributed by atoms with van der Waals surface area (Å²) < 4.78 is 55.0. The first-order valence-corrected chi connectivity index (χ1v) is 11.0. The Hall–Kier alpha value is -2.71. The average molecular weight is 463 g/mol. The predicted molar refractivity (Wildman–Crippen MR) is 118 cm³/mol. The van der Waals surface area contributed by atoms with Crippen molar-refractivity contribution in [2.75, 3.05) is 13.1 Å². The molecule has 1 aliphatic heterocycles. The molecule has 168 valence electrons. The lowest BCUT2D eigenvalue weighted by molar-refractivity contribution is -0.137. The van der Waals surface area contributed by atoms with Gasteiger partial charge in [0.2, 0.25) is 0 Å². The van der Waals surface area contributed by atoms with Gasteiger partial charge in [-0.1, -0.05) is 24.3 Å². The minimum atomic E-state index is -4.53. The van der Waals surface area contributed by atoms with E-state index in [1.54, 1.807) is 30.3 Å². The molecule has 0 bridgehead atoms. The van der Waals surface area contributed by atoms with Crippen LogP contribution in [0.15, 0.2) is 42.5 Å². The molecule has 0 aliphatic carbocycles. The summed E-state index contributed by atoms with van der Waals surface area (Å²) in [6.07, 6.45) is -5.52. The van der Waals surface area contributed by atoms with E-state index in [0.29, 0.717) is 21.6 Å². The van der Waals surface area contributed by atoms with Crippen molar-refractivity contribution in [3.05, 3.63) is 69.6 Å². The Bertz CT molecular complexity index is 1160. The van der Waals surface area contributed by atoms with Crippen molar-refractivity contribution >= 4 is 17.2 Å². The molecule has 2 N–H and O–H groups in total. The molecule has 0 unspecified atom stereocenters. The Labute approximate surface area is 187 Å². The third-order valence-electron chi connectivity index (χ3n) is 5.89. The summed E-state index contributed by atoms with van der Waals surface area (Å²) in [7, 11) is 0. The number of carbonyl (C=O) groups excluding carboxylic acids is 1. The largest absolute Gasteiger partial charge is 0.417 e. The zero-order valence-electron chi connectivity index (χ0n) is 17.6. The molecule has 0 atom stereocenters. The van der Waals surface area contributed by atoms with Crippen LogP contribution < -0.4 is 5.73 Å². The van der Waals surface area contributed by atoms with Crippen molar-refractivity contribution < 1.29 is 22.4 Å². The number of hydrogen-bond donors (Lipinski definition) is 1. The van der Waals surface area contributed by atoms with E-state index in [4.69, 9.17) is 5.73 Å². The monoisotopic (exact) mass is 462 g/mol. The van der Waals surface area contributed by atoms with Crippen LogP contribution in [-0.4, -0.2) is 30.1 Å². The summed E-state index contributed by atoms with van der Waals surface area (Å²) in [5.41, 5.74) is 8.25. The quantitative estimate of drug-likeness (QED) is 0.486. The third-order valence-corrected chi connectivity index (χ3v) is 7.34. The maximum atomic E-state index is 14.0. The van der Waals surface area contributed by atoms with E-state index < -0.39 is 17.9 Å². The second kappa shape index (κ2) is 8.33. The minimum Gasteiger partial charge on any atom is -0.333 e. The van der Waals surface area contributed by atoms with Crippen LogP contribution in [-0.2, 0) is 12.7 Å². The van der Waals surface area contributed by atoms with Crippen molar-refractivity contribution in [2.45, 2.75) is 32.7 Å². The second-order valence-electron chi connectivity index (χ2n) is 7.95. The van der Waals surface area contributed by atoms with Crippen LogP contribution >= 0.6 is 11.3 Å². The molecule has 2 heterocycles. The highest BCUT2D eigenvalue weighted by atomic mass is 32.1. The van der Waals surface area contributed by atoms with E-state index >= 15 is 0 Å². The average Bonchev–Trinajstić information content (AvgIpc) is 3.04. The van der Waals surface area contributed by atoms with Gasteiger partial charge in [0.05, 0.1) is 18.7 Å². The number of alkyl halides is 4. The fraction of sp³-hybridized carbons (Fsp3) is 0.292. The molecule has 0 spiro atoms. The number of hydrogen-bond acceptors (Lipinski definition) is 3. The fourth-order valence-electron chi connectivity index (χ4n) is 3.84. The Morgan fingerprint density at radius 3 is 2.22 bits per heavy atom. The normalized spacial score (nSPS) is 14.5. The van der Waals surface area contributed by atoms with Crippen LogP contribution in [0.1, 0.15) is 31.9 Å². The highest BCUT2D eigenvalue weighted by Gasteiger charge is 2.35. The molecule has 3 aromatic rings. The summed E-state index contributed by atoms with van der Waals surface area (Å²) in [6.45, 7) is 4.11. The molecule has 1 aliphatic rings. The molecule has 32 heavy (non-hydrogen) atoms. The number of thiophene rings is 1. The van der Waals surface area contributed by atoms with Crippen molar-refractivity contribution in [1.82, 2.24) is 4.90 Å². The molecule has 1 fully saturated rings. The zero-order valence-corrected chi connectivity index (χ0v) is 18.4. The summed E-state index contributed by atoms with van der Waals surface area (Å²) >= 11 is 1.29. The lowest BCUT2D eigenvalue weighted by Crippen LogP contribution is -2.51. The third kappa shape index (κ3) is 4.04. The summed E-state index contributed by atoms with van der Waals surface area (Å²) in [6, 6.07) is 10.6. The van der Waals surface area contributed by atoms with Gasteiger partial charge in [0.25, 0.3) is 5.91 Å². The van der Waals surface area contributed by atoms with Crippen LogP contribution in [0.2, 0.25) is 0 Å². The van der Waals surface area contributed by atoms with Gasteiger partial charge in [-0.2, -0.15) is 13.2 Å². The second-order valence-corrected chi connectivity index (χ2v) is 9.06. The maximum absolute atomic E-state index is 14.0. The smallest absolute Gasteiger partial charge is 0.333 e. The van der Waals surface area contributed by atoms with E-state index in [1.165, 1.54) is 22.3 Å². The molecule has 4 rings (SSSR count). The first-order chi connectivity index (χ1) is 15.1. The molecular weight excluding hydrogens is 440 g/mol. The Morgan fingerprint density at radius 2 is 1.69 bits per heavy atom. The molecule has 8 heteroatoms. The van der Waals surface area contributed by atoms with Gasteiger partial charge in [-0.15, -0.1) is 11.3 Å². The molecule has 1 aromatic heterocycles. The van der Waals surface area contributed by atoms with Crippen LogP contribution in [0.4, 0.5) is 17.6 Å². The maximum Gasteiger partial charge on any atom is 0.417 e. The summed E-state index contributed by atoms with van der Waals surface area (Å²) in [5.74, 6) is -0.281. The fourth-order valence-corrected chi connectivity index (χ4v) is 5.07. The number of amides is 1. The van der Waals surface area contributed by atoms with Crippen molar-refractivity contribution in [3.63, 3.8) is 0 Å². The van der Waals surface area contributed by atoms with Crippen molar-refractivity contribution in [3.8, 4) is 21.6 Å². The van der Waals surface area contributed by atoms with Gasteiger partial charge in [0, 0.05) is 27.4 Å². The minimum absolute atomic E-state index is 0.0739. The van der Waals surface area contributed by atoms with Crippen LogP contribution in [0, 0.1) is 13.8 Å². The Morgan fingerprint density at radius 1 is 1.06 bits per heavy atom. The van der Waals surface area contributed by atoms with Crippen LogP contribution in [0.5, 0.6) is 0 Å². The van der Waals surface area contributed by atoms with Gasteiger partial charge in [0.1, 0.15) is 6.17 Å². The van der Waals surface area contributed by atoms with E-state index in [9.17, 15) is 22.4 Å². The molecule has 2 aromatic carbocycles. The number of carbonyl (C=O) groups is 1. The van der Waals surface area contributed by atoms with Gasteiger partial charge < -0.3 is 10.6 Å². The highest BCUT2D eigenvalue weighted by Crippen LogP contribution is 2.44. The number of likely N-dealkylation sites (tertiary alicyclic amines) is 1. The molecule has 1 saturated heterocycles. The highest BCUT2D eigenvalue weighted by molar-refractivity contribution is 7.15. The Kier molecular flexibility index (Phi) is 5.85. The number of nitrogens with zero attached hydrogens (tertiary/aromatic N) is 1. The van der Waals surface area contributed by atoms with E-state index in [2.05, 4.69) is 0 Å². The number of halogens is 4. The van der Waals surface area contributed by atoms with Crippen LogP contribution in [0.25, 0.3) is 21.6 Å². The molecule has 0 saturated carbocycles. The van der Waals surface area contributed by atoms with Gasteiger partial charge in [-0.3, -0.25) is 4.79 Å². The molecule has 3 nitrogen and oxygen atoms in total. The number of rotatable bonds is 4. The van der Waals surface area contributed by atoms with E-state index in [-0.39, 0.29) is 31.1 Å². The Balaban J connectivity index is 1.70. The van der Waals surface area contributed by atoms with Gasteiger partial charge >= 0.3 is 6.18 Å². The van der Waals surface area contributed by atoms with Gasteiger partial charge in [0.15, 0.2) is 0 Å². The summed E-state index contributed by atoms with van der Waals surface area (Å²) in [5, 5.41) is 0. The lowest BCUT2D eigenvalue weighted by atomic mass is 9.95. The van der Waals surface area contributed by atoms with Gasteiger partial charge in [-0.05, 0) is 54.3 Å². The summed E-state index contributed by atoms with van der Waals surface area (Å²) in [4.78, 5) is 15.1. The molecular formula is C24H22F4N2OS. The SMILES string of the molecule is Cc1c(CN)sc(-c2ccc(-c3ccc(C(=O)N4CC(F)C4)cc3)cc2C(F)(F)F)c1C. The number of nitrogens with two attached hydrogens (primary N) is 1. The lowest BCUT2D eigenvalue weighted by Gasteiger charge is -2.34. The first-order valence-electron chi connectivity index (χ1n) is 10.1. The first kappa shape index (κ1) is 22.5. The standard InChI is InChI=1S/C24H22F4N2OS/c1-13-14(2)22(32-21(13)10-29)19-8-7-17(9-20(19)24(26,27)28)15-3-5-16(6-4-15)23(31)30-11-18(25)12-30/h3-9,18H,10-12,29H2,1-2H3. The van der Waals surface area contributed by atoms with Crippen molar-refractivity contribution in [2.24, 2.45) is 5.73 Å².